The van der Waals surface area contributed by atoms with Crippen molar-refractivity contribution in [3.63, 3.8) is 0 Å². The van der Waals surface area contributed by atoms with Gasteiger partial charge in [-0.15, -0.1) is 0 Å². The van der Waals surface area contributed by atoms with Gasteiger partial charge in [-0.05, 0) is 24.6 Å². The maximum absolute atomic E-state index is 13.7. The summed E-state index contributed by atoms with van der Waals surface area (Å²) in [5, 5.41) is 9.60. The van der Waals surface area contributed by atoms with E-state index in [0.717, 1.165) is 6.07 Å². The summed E-state index contributed by atoms with van der Waals surface area (Å²) >= 11 is 5.78. The van der Waals surface area contributed by atoms with Crippen molar-refractivity contribution in [2.24, 2.45) is 0 Å². The molecule has 19 heavy (non-hydrogen) atoms. The molecule has 2 atom stereocenters. The number of aliphatic hydroxyl groups is 1. The van der Waals surface area contributed by atoms with Crippen molar-refractivity contribution in [3.8, 4) is 0 Å². The van der Waals surface area contributed by atoms with Crippen molar-refractivity contribution < 1.29 is 19.0 Å². The summed E-state index contributed by atoms with van der Waals surface area (Å²) in [6.07, 6.45) is 0.407. The van der Waals surface area contributed by atoms with Crippen LogP contribution in [0.2, 0.25) is 5.02 Å². The van der Waals surface area contributed by atoms with Crippen LogP contribution in [0.25, 0.3) is 0 Å². The number of carbonyl (C=O) groups excluding carboxylic acids is 1. The molecule has 6 heteroatoms. The number of carbonyl (C=O) groups is 1. The fourth-order valence-corrected chi connectivity index (χ4v) is 2.45. The summed E-state index contributed by atoms with van der Waals surface area (Å²) < 4.78 is 18.9. The van der Waals surface area contributed by atoms with Gasteiger partial charge in [-0.25, -0.2) is 4.39 Å². The van der Waals surface area contributed by atoms with Crippen LogP contribution in [-0.2, 0) is 4.74 Å². The van der Waals surface area contributed by atoms with Crippen LogP contribution in [0.4, 0.5) is 4.39 Å². The Morgan fingerprint density at radius 2 is 2.37 bits per heavy atom. The molecule has 0 spiro atoms. The molecule has 1 fully saturated rings. The van der Waals surface area contributed by atoms with E-state index in [4.69, 9.17) is 16.3 Å². The van der Waals surface area contributed by atoms with Crippen LogP contribution in [0.3, 0.4) is 0 Å². The third-order valence-electron chi connectivity index (χ3n) is 3.34. The summed E-state index contributed by atoms with van der Waals surface area (Å²) in [5.74, 6) is -1.09. The highest BCUT2D eigenvalue weighted by molar-refractivity contribution is 6.31. The zero-order valence-electron chi connectivity index (χ0n) is 10.5. The van der Waals surface area contributed by atoms with E-state index < -0.39 is 11.7 Å². The normalized spacial score (nSPS) is 22.8. The molecule has 1 N–H and O–H groups in total. The van der Waals surface area contributed by atoms with E-state index in [0.29, 0.717) is 18.0 Å². The molecular weight excluding hydrogens is 273 g/mol. The highest BCUT2D eigenvalue weighted by atomic mass is 35.5. The summed E-state index contributed by atoms with van der Waals surface area (Å²) in [5.41, 5.74) is -0.0808. The maximum atomic E-state index is 13.7. The zero-order chi connectivity index (χ0) is 14.0. The number of ether oxygens (including phenoxy) is 1. The van der Waals surface area contributed by atoms with Crippen LogP contribution in [0.15, 0.2) is 18.2 Å². The SMILES string of the molecule is CO[C@@H]1C[C@@H](CO)N(C(=O)c2cc(Cl)ccc2F)C1. The van der Waals surface area contributed by atoms with E-state index in [9.17, 15) is 14.3 Å². The number of methoxy groups -OCH3 is 1. The van der Waals surface area contributed by atoms with Gasteiger partial charge in [0.25, 0.3) is 5.91 Å². The van der Waals surface area contributed by atoms with Crippen molar-refractivity contribution in [1.82, 2.24) is 4.90 Å². The Labute approximate surface area is 115 Å². The number of benzene rings is 1. The van der Waals surface area contributed by atoms with Gasteiger partial charge < -0.3 is 14.7 Å². The second kappa shape index (κ2) is 5.86. The molecule has 2 rings (SSSR count). The molecule has 1 aromatic rings. The highest BCUT2D eigenvalue weighted by Gasteiger charge is 2.36. The topological polar surface area (TPSA) is 49.8 Å². The fourth-order valence-electron chi connectivity index (χ4n) is 2.28. The Bertz CT molecular complexity index is 483. The molecule has 1 aliphatic heterocycles. The van der Waals surface area contributed by atoms with E-state index in [2.05, 4.69) is 0 Å². The van der Waals surface area contributed by atoms with Crippen LogP contribution >= 0.6 is 11.6 Å². The molecule has 1 heterocycles. The van der Waals surface area contributed by atoms with Gasteiger partial charge in [0, 0.05) is 18.7 Å². The minimum Gasteiger partial charge on any atom is -0.394 e. The van der Waals surface area contributed by atoms with Crippen molar-refractivity contribution in [1.29, 1.82) is 0 Å². The van der Waals surface area contributed by atoms with Gasteiger partial charge >= 0.3 is 0 Å². The third kappa shape index (κ3) is 2.88. The first-order valence-corrected chi connectivity index (χ1v) is 6.34. The molecule has 0 bridgehead atoms. The number of aliphatic hydroxyl groups excluding tert-OH is 1. The summed E-state index contributed by atoms with van der Waals surface area (Å²) in [7, 11) is 1.55. The predicted molar refractivity (Wildman–Crippen MR) is 68.7 cm³/mol. The molecule has 1 aromatic carbocycles. The largest absolute Gasteiger partial charge is 0.394 e. The van der Waals surface area contributed by atoms with E-state index >= 15 is 0 Å². The molecule has 1 saturated heterocycles. The first kappa shape index (κ1) is 14.2. The molecule has 0 radical (unpaired) electrons. The Balaban J connectivity index is 2.25. The molecule has 1 aliphatic rings. The smallest absolute Gasteiger partial charge is 0.257 e. The lowest BCUT2D eigenvalue weighted by Crippen LogP contribution is -2.38. The summed E-state index contributed by atoms with van der Waals surface area (Å²) in [6.45, 7) is 0.167. The molecule has 0 aromatic heterocycles. The van der Waals surface area contributed by atoms with Crippen LogP contribution in [0.5, 0.6) is 0 Å². The van der Waals surface area contributed by atoms with Crippen LogP contribution in [0.1, 0.15) is 16.8 Å². The molecule has 0 aliphatic carbocycles. The average Bonchev–Trinajstić information content (AvgIpc) is 2.84. The quantitative estimate of drug-likeness (QED) is 0.920. The number of likely N-dealkylation sites (tertiary alicyclic amines) is 1. The molecule has 0 saturated carbocycles. The summed E-state index contributed by atoms with van der Waals surface area (Å²) in [4.78, 5) is 13.7. The van der Waals surface area contributed by atoms with Crippen molar-refractivity contribution in [3.05, 3.63) is 34.6 Å². The van der Waals surface area contributed by atoms with Crippen molar-refractivity contribution >= 4 is 17.5 Å². The summed E-state index contributed by atoms with van der Waals surface area (Å²) in [6, 6.07) is 3.50. The van der Waals surface area contributed by atoms with E-state index in [1.165, 1.54) is 17.0 Å². The lowest BCUT2D eigenvalue weighted by Gasteiger charge is -2.23. The molecule has 4 nitrogen and oxygen atoms in total. The predicted octanol–water partition coefficient (Wildman–Crippen LogP) is 1.70. The third-order valence-corrected chi connectivity index (χ3v) is 3.57. The van der Waals surface area contributed by atoms with Crippen LogP contribution in [-0.4, -0.2) is 48.3 Å². The minimum atomic E-state index is -0.619. The monoisotopic (exact) mass is 287 g/mol. The molecule has 1 amide bonds. The molecule has 104 valence electrons. The number of amides is 1. The highest BCUT2D eigenvalue weighted by Crippen LogP contribution is 2.24. The van der Waals surface area contributed by atoms with Gasteiger partial charge in [-0.3, -0.25) is 4.79 Å². The van der Waals surface area contributed by atoms with Gasteiger partial charge in [0.05, 0.1) is 24.3 Å². The van der Waals surface area contributed by atoms with Gasteiger partial charge in [0.15, 0.2) is 0 Å². The number of nitrogens with zero attached hydrogens (tertiary/aromatic N) is 1. The lowest BCUT2D eigenvalue weighted by atomic mass is 10.1. The van der Waals surface area contributed by atoms with Gasteiger partial charge in [0.1, 0.15) is 5.82 Å². The second-order valence-electron chi connectivity index (χ2n) is 4.51. The minimum absolute atomic E-state index is 0.0808. The number of hydrogen-bond donors (Lipinski definition) is 1. The van der Waals surface area contributed by atoms with Crippen LogP contribution < -0.4 is 0 Å². The number of hydrogen-bond acceptors (Lipinski definition) is 3. The van der Waals surface area contributed by atoms with Gasteiger partial charge in [-0.2, -0.15) is 0 Å². The van der Waals surface area contributed by atoms with E-state index in [1.54, 1.807) is 7.11 Å². The number of rotatable bonds is 3. The lowest BCUT2D eigenvalue weighted by molar-refractivity contribution is 0.0643. The Hall–Kier alpha value is -1.17. The van der Waals surface area contributed by atoms with E-state index in [1.807, 2.05) is 0 Å². The molecular formula is C13H15ClFNO3. The van der Waals surface area contributed by atoms with Gasteiger partial charge in [-0.1, -0.05) is 11.6 Å². The Morgan fingerprint density at radius 1 is 1.63 bits per heavy atom. The van der Waals surface area contributed by atoms with Crippen LogP contribution in [0, 0.1) is 5.82 Å². The fraction of sp³-hybridized carbons (Fsp3) is 0.462. The standard InChI is InChI=1S/C13H15ClFNO3/c1-19-10-5-9(7-17)16(6-10)13(18)11-4-8(14)2-3-12(11)15/h2-4,9-10,17H,5-7H2,1H3/t9-,10+/m0/s1. The Kier molecular flexibility index (Phi) is 4.39. The zero-order valence-corrected chi connectivity index (χ0v) is 11.2. The first-order chi connectivity index (χ1) is 9.06. The Morgan fingerprint density at radius 3 is 3.00 bits per heavy atom. The average molecular weight is 288 g/mol. The van der Waals surface area contributed by atoms with Crippen molar-refractivity contribution in [2.45, 2.75) is 18.6 Å². The van der Waals surface area contributed by atoms with Crippen molar-refractivity contribution in [2.75, 3.05) is 20.3 Å². The van der Waals surface area contributed by atoms with E-state index in [-0.39, 0.29) is 24.3 Å². The first-order valence-electron chi connectivity index (χ1n) is 5.96. The van der Waals surface area contributed by atoms with Gasteiger partial charge in [0.2, 0.25) is 0 Å². The second-order valence-corrected chi connectivity index (χ2v) is 4.95. The molecule has 0 unspecified atom stereocenters. The maximum Gasteiger partial charge on any atom is 0.257 e. The number of halogens is 2.